The second-order valence-corrected chi connectivity index (χ2v) is 4.88. The van der Waals surface area contributed by atoms with Crippen LogP contribution in [-0.4, -0.2) is 37.7 Å². The lowest BCUT2D eigenvalue weighted by molar-refractivity contribution is 0.123. The normalized spacial score (nSPS) is 14.6. The van der Waals surface area contributed by atoms with E-state index in [2.05, 4.69) is 42.8 Å². The van der Waals surface area contributed by atoms with Gasteiger partial charge in [0.1, 0.15) is 0 Å². The van der Waals surface area contributed by atoms with Crippen LogP contribution in [0.5, 0.6) is 0 Å². The summed E-state index contributed by atoms with van der Waals surface area (Å²) >= 11 is 1.74. The van der Waals surface area contributed by atoms with Crippen molar-refractivity contribution in [2.45, 2.75) is 23.9 Å². The van der Waals surface area contributed by atoms with Gasteiger partial charge in [-0.2, -0.15) is 0 Å². The molecule has 0 aliphatic carbocycles. The molecule has 2 unspecified atom stereocenters. The number of methoxy groups -OCH3 is 1. The summed E-state index contributed by atoms with van der Waals surface area (Å²) in [7, 11) is 1.64. The quantitative estimate of drug-likeness (QED) is 0.732. The van der Waals surface area contributed by atoms with Crippen molar-refractivity contribution < 1.29 is 9.84 Å². The van der Waals surface area contributed by atoms with E-state index >= 15 is 0 Å². The van der Waals surface area contributed by atoms with Crippen LogP contribution in [0, 0.1) is 0 Å². The summed E-state index contributed by atoms with van der Waals surface area (Å²) in [6, 6.07) is 8.65. The molecule has 0 bridgehead atoms. The lowest BCUT2D eigenvalue weighted by Crippen LogP contribution is -2.38. The number of aliphatic hydroxyl groups is 1. The molecule has 0 saturated carbocycles. The fourth-order valence-electron chi connectivity index (χ4n) is 1.70. The Kier molecular flexibility index (Phi) is 6.58. The summed E-state index contributed by atoms with van der Waals surface area (Å²) in [6.07, 6.45) is 2.07. The Morgan fingerprint density at radius 1 is 1.35 bits per heavy atom. The Hall–Kier alpha value is -0.550. The molecular weight excluding hydrogens is 234 g/mol. The smallest absolute Gasteiger partial charge is 0.0638 e. The molecule has 1 aromatic carbocycles. The highest BCUT2D eigenvalue weighted by atomic mass is 32.2. The molecule has 0 fully saturated rings. The van der Waals surface area contributed by atoms with Gasteiger partial charge in [-0.3, -0.25) is 0 Å². The fourth-order valence-corrected chi connectivity index (χ4v) is 2.11. The predicted molar refractivity (Wildman–Crippen MR) is 72.5 cm³/mol. The van der Waals surface area contributed by atoms with Crippen LogP contribution in [0.25, 0.3) is 0 Å². The minimum Gasteiger partial charge on any atom is -0.395 e. The SMILES string of the molecule is COCC(CO)NC(C)c1ccc(SC)cc1. The molecule has 0 aliphatic heterocycles. The standard InChI is InChI=1S/C13H21NO2S/c1-10(14-12(8-15)9-16-2)11-4-6-13(17-3)7-5-11/h4-7,10,12,14-15H,8-9H2,1-3H3. The lowest BCUT2D eigenvalue weighted by atomic mass is 10.1. The summed E-state index contributed by atoms with van der Waals surface area (Å²) < 4.78 is 5.04. The molecule has 0 saturated heterocycles. The first kappa shape index (κ1) is 14.5. The molecule has 17 heavy (non-hydrogen) atoms. The number of ether oxygens (including phenoxy) is 1. The third-order valence-corrected chi connectivity index (χ3v) is 3.43. The molecule has 4 heteroatoms. The molecule has 0 aromatic heterocycles. The van der Waals surface area contributed by atoms with E-state index < -0.39 is 0 Å². The number of nitrogens with one attached hydrogen (secondary N) is 1. The number of rotatable bonds is 7. The minimum absolute atomic E-state index is 0.0183. The average Bonchev–Trinajstić information content (AvgIpc) is 2.38. The highest BCUT2D eigenvalue weighted by Gasteiger charge is 2.12. The Labute approximate surface area is 108 Å². The van der Waals surface area contributed by atoms with Gasteiger partial charge < -0.3 is 15.2 Å². The molecule has 2 atom stereocenters. The van der Waals surface area contributed by atoms with Crippen molar-refractivity contribution in [3.05, 3.63) is 29.8 Å². The van der Waals surface area contributed by atoms with Gasteiger partial charge in [-0.25, -0.2) is 0 Å². The Morgan fingerprint density at radius 3 is 2.47 bits per heavy atom. The van der Waals surface area contributed by atoms with Gasteiger partial charge in [0, 0.05) is 18.0 Å². The average molecular weight is 255 g/mol. The van der Waals surface area contributed by atoms with Crippen LogP contribution in [0.1, 0.15) is 18.5 Å². The highest BCUT2D eigenvalue weighted by molar-refractivity contribution is 7.98. The van der Waals surface area contributed by atoms with E-state index in [-0.39, 0.29) is 18.7 Å². The first-order valence-electron chi connectivity index (χ1n) is 5.71. The lowest BCUT2D eigenvalue weighted by Gasteiger charge is -2.21. The molecular formula is C13H21NO2S. The van der Waals surface area contributed by atoms with Gasteiger partial charge in [0.2, 0.25) is 0 Å². The predicted octanol–water partition coefficient (Wildman–Crippen LogP) is 2.07. The summed E-state index contributed by atoms with van der Waals surface area (Å²) in [4.78, 5) is 1.26. The van der Waals surface area contributed by atoms with Crippen molar-refractivity contribution in [1.82, 2.24) is 5.32 Å². The zero-order valence-electron chi connectivity index (χ0n) is 10.6. The van der Waals surface area contributed by atoms with Gasteiger partial charge in [-0.15, -0.1) is 11.8 Å². The highest BCUT2D eigenvalue weighted by Crippen LogP contribution is 2.19. The van der Waals surface area contributed by atoms with E-state index in [0.29, 0.717) is 6.61 Å². The molecule has 1 aromatic rings. The number of thioether (sulfide) groups is 1. The van der Waals surface area contributed by atoms with Crippen LogP contribution in [0.15, 0.2) is 29.2 Å². The zero-order valence-corrected chi connectivity index (χ0v) is 11.5. The molecule has 0 spiro atoms. The third-order valence-electron chi connectivity index (χ3n) is 2.69. The van der Waals surface area contributed by atoms with Crippen LogP contribution in [-0.2, 0) is 4.74 Å². The molecule has 0 aliphatic rings. The Bertz CT molecular complexity index is 316. The van der Waals surface area contributed by atoms with Crippen molar-refractivity contribution >= 4 is 11.8 Å². The summed E-state index contributed by atoms with van der Waals surface area (Å²) in [5.41, 5.74) is 1.22. The van der Waals surface area contributed by atoms with Crippen LogP contribution >= 0.6 is 11.8 Å². The van der Waals surface area contributed by atoms with Crippen LogP contribution < -0.4 is 5.32 Å². The van der Waals surface area contributed by atoms with Gasteiger partial charge in [0.05, 0.1) is 19.3 Å². The molecule has 0 amide bonds. The second-order valence-electron chi connectivity index (χ2n) is 4.00. The van der Waals surface area contributed by atoms with Crippen molar-refractivity contribution in [3.8, 4) is 0 Å². The number of hydrogen-bond acceptors (Lipinski definition) is 4. The molecule has 0 heterocycles. The fraction of sp³-hybridized carbons (Fsp3) is 0.538. The molecule has 0 radical (unpaired) electrons. The van der Waals surface area contributed by atoms with Crippen molar-refractivity contribution in [3.63, 3.8) is 0 Å². The van der Waals surface area contributed by atoms with Gasteiger partial charge >= 0.3 is 0 Å². The Morgan fingerprint density at radius 2 is 2.00 bits per heavy atom. The number of benzene rings is 1. The van der Waals surface area contributed by atoms with E-state index in [9.17, 15) is 5.11 Å². The van der Waals surface area contributed by atoms with Crippen molar-refractivity contribution in [2.24, 2.45) is 0 Å². The summed E-state index contributed by atoms with van der Waals surface area (Å²) in [5.74, 6) is 0. The topological polar surface area (TPSA) is 41.5 Å². The summed E-state index contributed by atoms with van der Waals surface area (Å²) in [5, 5.41) is 12.5. The number of hydrogen-bond donors (Lipinski definition) is 2. The zero-order chi connectivity index (χ0) is 12.7. The van der Waals surface area contributed by atoms with E-state index in [0.717, 1.165) is 0 Å². The van der Waals surface area contributed by atoms with Crippen molar-refractivity contribution in [1.29, 1.82) is 0 Å². The Balaban J connectivity index is 2.58. The van der Waals surface area contributed by atoms with Crippen LogP contribution in [0.2, 0.25) is 0 Å². The molecule has 1 rings (SSSR count). The molecule has 2 N–H and O–H groups in total. The van der Waals surface area contributed by atoms with Gasteiger partial charge in [-0.1, -0.05) is 12.1 Å². The monoisotopic (exact) mass is 255 g/mol. The van der Waals surface area contributed by atoms with E-state index in [1.54, 1.807) is 18.9 Å². The van der Waals surface area contributed by atoms with E-state index in [1.165, 1.54) is 10.5 Å². The largest absolute Gasteiger partial charge is 0.395 e. The maximum Gasteiger partial charge on any atom is 0.0638 e. The maximum absolute atomic E-state index is 9.19. The molecule has 96 valence electrons. The maximum atomic E-state index is 9.19. The van der Waals surface area contributed by atoms with Crippen LogP contribution in [0.4, 0.5) is 0 Å². The number of aliphatic hydroxyl groups excluding tert-OH is 1. The van der Waals surface area contributed by atoms with Crippen molar-refractivity contribution in [2.75, 3.05) is 26.6 Å². The second kappa shape index (κ2) is 7.71. The van der Waals surface area contributed by atoms with Crippen LogP contribution in [0.3, 0.4) is 0 Å². The summed E-state index contributed by atoms with van der Waals surface area (Å²) in [6.45, 7) is 2.69. The first-order chi connectivity index (χ1) is 8.21. The van der Waals surface area contributed by atoms with Gasteiger partial charge in [0.15, 0.2) is 0 Å². The third kappa shape index (κ3) is 4.68. The first-order valence-corrected chi connectivity index (χ1v) is 6.93. The van der Waals surface area contributed by atoms with Gasteiger partial charge in [-0.05, 0) is 30.9 Å². The molecule has 3 nitrogen and oxygen atoms in total. The minimum atomic E-state index is -0.0183. The van der Waals surface area contributed by atoms with E-state index in [4.69, 9.17) is 4.74 Å². The van der Waals surface area contributed by atoms with E-state index in [1.807, 2.05) is 0 Å². The van der Waals surface area contributed by atoms with Gasteiger partial charge in [0.25, 0.3) is 0 Å².